The molecule has 0 saturated carbocycles. The van der Waals surface area contributed by atoms with Crippen molar-refractivity contribution in [1.82, 2.24) is 4.90 Å². The molecule has 1 saturated heterocycles. The minimum absolute atomic E-state index is 0.190. The second-order valence-corrected chi connectivity index (χ2v) is 7.96. The molecule has 2 aromatic carbocycles. The van der Waals surface area contributed by atoms with Crippen molar-refractivity contribution in [3.05, 3.63) is 54.1 Å². The van der Waals surface area contributed by atoms with Crippen LogP contribution in [0, 0.1) is 0 Å². The zero-order valence-electron chi connectivity index (χ0n) is 14.7. The van der Waals surface area contributed by atoms with Crippen molar-refractivity contribution in [3.8, 4) is 0 Å². The predicted molar refractivity (Wildman–Crippen MR) is 103 cm³/mol. The van der Waals surface area contributed by atoms with Crippen LogP contribution in [0.15, 0.2) is 53.4 Å². The van der Waals surface area contributed by atoms with Gasteiger partial charge in [0.25, 0.3) is 10.0 Å². The lowest BCUT2D eigenvalue weighted by Gasteiger charge is -2.18. The molecule has 7 heteroatoms. The van der Waals surface area contributed by atoms with Gasteiger partial charge in [0.15, 0.2) is 0 Å². The van der Waals surface area contributed by atoms with Crippen molar-refractivity contribution in [2.75, 3.05) is 23.1 Å². The van der Waals surface area contributed by atoms with Crippen molar-refractivity contribution in [2.45, 2.75) is 31.1 Å². The molecule has 0 aliphatic carbocycles. The maximum absolute atomic E-state index is 12.7. The summed E-state index contributed by atoms with van der Waals surface area (Å²) in [4.78, 5) is 14.2. The fourth-order valence-electron chi connectivity index (χ4n) is 2.90. The Morgan fingerprint density at radius 1 is 1.00 bits per heavy atom. The van der Waals surface area contributed by atoms with Gasteiger partial charge in [-0.05, 0) is 49.1 Å². The van der Waals surface area contributed by atoms with Gasteiger partial charge in [-0.25, -0.2) is 13.2 Å². The number of carbonyl (C=O) groups excluding carboxylic acids is 1. The summed E-state index contributed by atoms with van der Waals surface area (Å²) in [5, 5.41) is 2.80. The highest BCUT2D eigenvalue weighted by Gasteiger charge is 2.20. The quantitative estimate of drug-likeness (QED) is 0.839. The highest BCUT2D eigenvalue weighted by molar-refractivity contribution is 7.92. The van der Waals surface area contributed by atoms with E-state index in [4.69, 9.17) is 0 Å². The normalized spacial score (nSPS) is 14.3. The summed E-state index contributed by atoms with van der Waals surface area (Å²) in [7, 11) is -3.73. The third kappa shape index (κ3) is 4.16. The maximum atomic E-state index is 12.7. The van der Waals surface area contributed by atoms with Gasteiger partial charge >= 0.3 is 6.03 Å². The summed E-state index contributed by atoms with van der Waals surface area (Å²) in [6.45, 7) is 3.47. The van der Waals surface area contributed by atoms with Crippen LogP contribution >= 0.6 is 0 Å². The molecular weight excluding hydrogens is 350 g/mol. The number of likely N-dealkylation sites (tertiary alicyclic amines) is 1. The highest BCUT2D eigenvalue weighted by Crippen LogP contribution is 2.25. The lowest BCUT2D eigenvalue weighted by molar-refractivity contribution is 0.222. The standard InChI is InChI=1S/C19H23N3O3S/c1-2-15-9-11-16(12-10-15)26(24,25)21-18-8-4-3-7-17(18)20-19(23)22-13-5-6-14-22/h3-4,7-12,21H,2,5-6,13-14H2,1H3,(H,20,23). The van der Waals surface area contributed by atoms with E-state index in [2.05, 4.69) is 10.0 Å². The van der Waals surface area contributed by atoms with Crippen LogP contribution in [-0.4, -0.2) is 32.4 Å². The number of para-hydroxylation sites is 2. The fraction of sp³-hybridized carbons (Fsp3) is 0.316. The van der Waals surface area contributed by atoms with Crippen LogP contribution in [0.2, 0.25) is 0 Å². The molecule has 2 amide bonds. The summed E-state index contributed by atoms with van der Waals surface area (Å²) in [5.41, 5.74) is 1.86. The molecule has 1 aliphatic rings. The molecule has 0 aromatic heterocycles. The number of urea groups is 1. The number of hydrogen-bond donors (Lipinski definition) is 2. The van der Waals surface area contributed by atoms with Gasteiger partial charge in [0.1, 0.15) is 0 Å². The Morgan fingerprint density at radius 2 is 1.62 bits per heavy atom. The third-order valence-corrected chi connectivity index (χ3v) is 5.83. The number of benzene rings is 2. The van der Waals surface area contributed by atoms with E-state index in [1.807, 2.05) is 6.92 Å². The minimum atomic E-state index is -3.73. The zero-order valence-corrected chi connectivity index (χ0v) is 15.6. The average Bonchev–Trinajstić information content (AvgIpc) is 3.18. The number of carbonyl (C=O) groups is 1. The summed E-state index contributed by atoms with van der Waals surface area (Å²) in [6, 6.07) is 13.4. The topological polar surface area (TPSA) is 78.5 Å². The second-order valence-electron chi connectivity index (χ2n) is 6.27. The summed E-state index contributed by atoms with van der Waals surface area (Å²) in [5.74, 6) is 0. The molecule has 0 atom stereocenters. The van der Waals surface area contributed by atoms with Gasteiger partial charge in [0.2, 0.25) is 0 Å². The van der Waals surface area contributed by atoms with Crippen LogP contribution in [0.4, 0.5) is 16.2 Å². The minimum Gasteiger partial charge on any atom is -0.325 e. The monoisotopic (exact) mass is 373 g/mol. The van der Waals surface area contributed by atoms with E-state index in [1.165, 1.54) is 0 Å². The second kappa shape index (κ2) is 7.78. The first-order chi connectivity index (χ1) is 12.5. The fourth-order valence-corrected chi connectivity index (χ4v) is 3.98. The van der Waals surface area contributed by atoms with E-state index < -0.39 is 10.0 Å². The van der Waals surface area contributed by atoms with Crippen LogP contribution in [-0.2, 0) is 16.4 Å². The van der Waals surface area contributed by atoms with Crippen molar-refractivity contribution >= 4 is 27.4 Å². The number of hydrogen-bond acceptors (Lipinski definition) is 3. The van der Waals surface area contributed by atoms with E-state index in [1.54, 1.807) is 53.4 Å². The van der Waals surface area contributed by atoms with Gasteiger partial charge in [-0.1, -0.05) is 31.2 Å². The molecule has 3 rings (SSSR count). The number of sulfonamides is 1. The zero-order chi connectivity index (χ0) is 18.6. The summed E-state index contributed by atoms with van der Waals surface area (Å²) in [6.07, 6.45) is 2.84. The van der Waals surface area contributed by atoms with Gasteiger partial charge in [0.05, 0.1) is 16.3 Å². The lowest BCUT2D eigenvalue weighted by Crippen LogP contribution is -2.32. The van der Waals surface area contributed by atoms with Crippen molar-refractivity contribution in [3.63, 3.8) is 0 Å². The van der Waals surface area contributed by atoms with Crippen LogP contribution in [0.5, 0.6) is 0 Å². The molecule has 0 radical (unpaired) electrons. The molecule has 1 aliphatic heterocycles. The summed E-state index contributed by atoms with van der Waals surface area (Å²) < 4.78 is 27.9. The number of anilines is 2. The summed E-state index contributed by atoms with van der Waals surface area (Å²) >= 11 is 0. The Hall–Kier alpha value is -2.54. The molecule has 1 fully saturated rings. The molecule has 2 aromatic rings. The van der Waals surface area contributed by atoms with Crippen molar-refractivity contribution < 1.29 is 13.2 Å². The van der Waals surface area contributed by atoms with Gasteiger partial charge in [-0.2, -0.15) is 0 Å². The van der Waals surface area contributed by atoms with E-state index in [0.717, 1.165) is 37.9 Å². The van der Waals surface area contributed by atoms with E-state index in [9.17, 15) is 13.2 Å². The number of nitrogens with zero attached hydrogens (tertiary/aromatic N) is 1. The first kappa shape index (κ1) is 18.3. The maximum Gasteiger partial charge on any atom is 0.321 e. The van der Waals surface area contributed by atoms with E-state index in [-0.39, 0.29) is 10.9 Å². The van der Waals surface area contributed by atoms with Crippen LogP contribution < -0.4 is 10.0 Å². The molecule has 6 nitrogen and oxygen atoms in total. The predicted octanol–water partition coefficient (Wildman–Crippen LogP) is 3.68. The van der Waals surface area contributed by atoms with Gasteiger partial charge < -0.3 is 10.2 Å². The van der Waals surface area contributed by atoms with Crippen LogP contribution in [0.25, 0.3) is 0 Å². The highest BCUT2D eigenvalue weighted by atomic mass is 32.2. The molecule has 0 unspecified atom stereocenters. The lowest BCUT2D eigenvalue weighted by atomic mass is 10.2. The Balaban J connectivity index is 1.79. The number of aryl methyl sites for hydroxylation is 1. The van der Waals surface area contributed by atoms with Gasteiger partial charge in [0, 0.05) is 13.1 Å². The number of amides is 2. The molecule has 0 spiro atoms. The van der Waals surface area contributed by atoms with Gasteiger partial charge in [-0.15, -0.1) is 0 Å². The molecule has 26 heavy (non-hydrogen) atoms. The number of nitrogens with one attached hydrogen (secondary N) is 2. The van der Waals surface area contributed by atoms with Crippen molar-refractivity contribution in [1.29, 1.82) is 0 Å². The Morgan fingerprint density at radius 3 is 2.23 bits per heavy atom. The van der Waals surface area contributed by atoms with E-state index >= 15 is 0 Å². The van der Waals surface area contributed by atoms with Crippen molar-refractivity contribution in [2.24, 2.45) is 0 Å². The third-order valence-electron chi connectivity index (χ3n) is 4.45. The Labute approximate surface area is 154 Å². The Kier molecular flexibility index (Phi) is 5.46. The van der Waals surface area contributed by atoms with Crippen LogP contribution in [0.1, 0.15) is 25.3 Å². The Bertz CT molecular complexity index is 873. The SMILES string of the molecule is CCc1ccc(S(=O)(=O)Nc2ccccc2NC(=O)N2CCCC2)cc1. The molecule has 138 valence electrons. The van der Waals surface area contributed by atoms with E-state index in [0.29, 0.717) is 11.4 Å². The molecule has 1 heterocycles. The first-order valence-electron chi connectivity index (χ1n) is 8.76. The number of rotatable bonds is 5. The molecular formula is C19H23N3O3S. The molecule has 2 N–H and O–H groups in total. The average molecular weight is 373 g/mol. The van der Waals surface area contributed by atoms with Gasteiger partial charge in [-0.3, -0.25) is 4.72 Å². The smallest absolute Gasteiger partial charge is 0.321 e. The largest absolute Gasteiger partial charge is 0.325 e. The molecule has 0 bridgehead atoms. The first-order valence-corrected chi connectivity index (χ1v) is 10.2. The van der Waals surface area contributed by atoms with Crippen LogP contribution in [0.3, 0.4) is 0 Å².